The van der Waals surface area contributed by atoms with Crippen molar-refractivity contribution in [2.75, 3.05) is 26.2 Å². The van der Waals surface area contributed by atoms with E-state index < -0.39 is 0 Å². The average molecular weight is 322 g/mol. The van der Waals surface area contributed by atoms with Gasteiger partial charge in [-0.2, -0.15) is 0 Å². The molecule has 1 unspecified atom stereocenters. The predicted molar refractivity (Wildman–Crippen MR) is 89.1 cm³/mol. The number of piperidine rings is 1. The molecular formula is C18H24ClNO2. The fourth-order valence-electron chi connectivity index (χ4n) is 3.69. The molecule has 0 radical (unpaired) electrons. The molecule has 22 heavy (non-hydrogen) atoms. The fraction of sp³-hybridized carbons (Fsp3) is 0.611. The molecule has 120 valence electrons. The first-order chi connectivity index (χ1) is 10.7. The number of hydrogen-bond donors (Lipinski definition) is 0. The highest BCUT2D eigenvalue weighted by Gasteiger charge is 2.32. The third-order valence-corrected chi connectivity index (χ3v) is 5.12. The van der Waals surface area contributed by atoms with Gasteiger partial charge in [0.1, 0.15) is 5.75 Å². The molecule has 1 fully saturated rings. The molecule has 0 spiro atoms. The normalized spacial score (nSPS) is 22.5. The van der Waals surface area contributed by atoms with Crippen molar-refractivity contribution in [1.29, 1.82) is 0 Å². The number of Topliss-reactive ketones (excluding diaryl/α,β-unsaturated/α-hetero) is 1. The van der Waals surface area contributed by atoms with Gasteiger partial charge in [-0.25, -0.2) is 0 Å². The number of rotatable bonds is 4. The molecule has 0 bridgehead atoms. The average Bonchev–Trinajstić information content (AvgIpc) is 2.53. The van der Waals surface area contributed by atoms with Crippen molar-refractivity contribution in [3.8, 4) is 5.75 Å². The molecule has 0 amide bonds. The van der Waals surface area contributed by atoms with Crippen LogP contribution in [0.2, 0.25) is 5.02 Å². The fourth-order valence-corrected chi connectivity index (χ4v) is 3.96. The van der Waals surface area contributed by atoms with Gasteiger partial charge >= 0.3 is 0 Å². The summed E-state index contributed by atoms with van der Waals surface area (Å²) < 4.78 is 5.67. The van der Waals surface area contributed by atoms with Crippen LogP contribution in [0.25, 0.3) is 0 Å². The molecule has 0 saturated carbocycles. The van der Waals surface area contributed by atoms with Crippen LogP contribution < -0.4 is 4.74 Å². The van der Waals surface area contributed by atoms with E-state index in [0.717, 1.165) is 43.8 Å². The van der Waals surface area contributed by atoms with E-state index in [0.29, 0.717) is 17.2 Å². The molecule has 1 aromatic rings. The van der Waals surface area contributed by atoms with Crippen LogP contribution in [0.5, 0.6) is 5.75 Å². The number of carbonyl (C=O) groups is 1. The van der Waals surface area contributed by atoms with E-state index in [1.54, 1.807) is 6.07 Å². The summed E-state index contributed by atoms with van der Waals surface area (Å²) in [6, 6.07) is 3.69. The van der Waals surface area contributed by atoms with E-state index in [1.807, 2.05) is 13.0 Å². The van der Waals surface area contributed by atoms with Gasteiger partial charge in [-0.3, -0.25) is 4.79 Å². The minimum atomic E-state index is 0.0833. The highest BCUT2D eigenvalue weighted by molar-refractivity contribution is 6.34. The maximum atomic E-state index is 12.9. The molecule has 0 N–H and O–H groups in total. The zero-order valence-electron chi connectivity index (χ0n) is 13.2. The van der Waals surface area contributed by atoms with Crippen LogP contribution in [0.4, 0.5) is 0 Å². The molecule has 3 nitrogen and oxygen atoms in total. The highest BCUT2D eigenvalue weighted by Crippen LogP contribution is 2.37. The van der Waals surface area contributed by atoms with Crippen LogP contribution in [0, 0.1) is 5.92 Å². The lowest BCUT2D eigenvalue weighted by molar-refractivity contribution is 0.0844. The summed E-state index contributed by atoms with van der Waals surface area (Å²) >= 11 is 6.33. The molecule has 2 aliphatic rings. The SMILES string of the molecule is CCOc1ccc(Cl)c2c1CCC(CN1CCCCC1)C2=O. The Bertz CT molecular complexity index is 552. The Labute approximate surface area is 137 Å². The third kappa shape index (κ3) is 3.16. The molecule has 3 rings (SSSR count). The van der Waals surface area contributed by atoms with E-state index >= 15 is 0 Å². The number of fused-ring (bicyclic) bond motifs is 1. The Hall–Kier alpha value is -1.06. The Morgan fingerprint density at radius 1 is 1.27 bits per heavy atom. The number of ketones is 1. The standard InChI is InChI=1S/C18H24ClNO2/c1-2-22-16-9-8-15(19)17-14(16)7-6-13(18(17)21)12-20-10-4-3-5-11-20/h8-9,13H,2-7,10-12H2,1H3. The Morgan fingerprint density at radius 2 is 2.05 bits per heavy atom. The molecule has 1 heterocycles. The van der Waals surface area contributed by atoms with Gasteiger partial charge in [0.05, 0.1) is 11.6 Å². The first kappa shape index (κ1) is 15.8. The number of nitrogens with zero attached hydrogens (tertiary/aromatic N) is 1. The van der Waals surface area contributed by atoms with Crippen LogP contribution >= 0.6 is 11.6 Å². The summed E-state index contributed by atoms with van der Waals surface area (Å²) in [6.45, 7) is 5.71. The summed E-state index contributed by atoms with van der Waals surface area (Å²) in [4.78, 5) is 15.3. The maximum Gasteiger partial charge on any atom is 0.169 e. The number of hydrogen-bond acceptors (Lipinski definition) is 3. The Morgan fingerprint density at radius 3 is 2.77 bits per heavy atom. The Kier molecular flexibility index (Phi) is 5.04. The minimum Gasteiger partial charge on any atom is -0.494 e. The molecule has 1 aliphatic heterocycles. The van der Waals surface area contributed by atoms with Gasteiger partial charge in [-0.1, -0.05) is 18.0 Å². The van der Waals surface area contributed by atoms with Crippen molar-refractivity contribution in [2.45, 2.75) is 39.0 Å². The van der Waals surface area contributed by atoms with E-state index in [-0.39, 0.29) is 11.7 Å². The lowest BCUT2D eigenvalue weighted by atomic mass is 9.81. The second-order valence-corrected chi connectivity index (χ2v) is 6.70. The Balaban J connectivity index is 1.80. The quantitative estimate of drug-likeness (QED) is 0.840. The molecule has 1 aromatic carbocycles. The number of benzene rings is 1. The van der Waals surface area contributed by atoms with Crippen molar-refractivity contribution in [3.63, 3.8) is 0 Å². The van der Waals surface area contributed by atoms with Gasteiger partial charge in [0.25, 0.3) is 0 Å². The lowest BCUT2D eigenvalue weighted by Gasteiger charge is -2.32. The van der Waals surface area contributed by atoms with E-state index in [2.05, 4.69) is 4.90 Å². The second kappa shape index (κ2) is 7.01. The predicted octanol–water partition coefficient (Wildman–Crippen LogP) is 3.97. The van der Waals surface area contributed by atoms with Crippen LogP contribution in [0.3, 0.4) is 0 Å². The minimum absolute atomic E-state index is 0.0833. The summed E-state index contributed by atoms with van der Waals surface area (Å²) in [6.07, 6.45) is 5.62. The molecule has 4 heteroatoms. The maximum absolute atomic E-state index is 12.9. The van der Waals surface area contributed by atoms with Crippen LogP contribution in [0.15, 0.2) is 12.1 Å². The highest BCUT2D eigenvalue weighted by atomic mass is 35.5. The largest absolute Gasteiger partial charge is 0.494 e. The molecule has 1 aliphatic carbocycles. The molecule has 1 atom stereocenters. The van der Waals surface area contributed by atoms with Gasteiger partial charge < -0.3 is 9.64 Å². The van der Waals surface area contributed by atoms with E-state index in [9.17, 15) is 4.79 Å². The van der Waals surface area contributed by atoms with Crippen molar-refractivity contribution >= 4 is 17.4 Å². The lowest BCUT2D eigenvalue weighted by Crippen LogP contribution is -2.38. The van der Waals surface area contributed by atoms with Crippen LogP contribution in [-0.4, -0.2) is 36.9 Å². The topological polar surface area (TPSA) is 29.5 Å². The van der Waals surface area contributed by atoms with Crippen molar-refractivity contribution < 1.29 is 9.53 Å². The van der Waals surface area contributed by atoms with Crippen molar-refractivity contribution in [2.24, 2.45) is 5.92 Å². The monoisotopic (exact) mass is 321 g/mol. The number of likely N-dealkylation sites (tertiary alicyclic amines) is 1. The van der Waals surface area contributed by atoms with E-state index in [4.69, 9.17) is 16.3 Å². The van der Waals surface area contributed by atoms with Gasteiger partial charge in [0.15, 0.2) is 5.78 Å². The zero-order chi connectivity index (χ0) is 15.5. The first-order valence-corrected chi connectivity index (χ1v) is 8.79. The molecular weight excluding hydrogens is 298 g/mol. The molecule has 0 aromatic heterocycles. The second-order valence-electron chi connectivity index (χ2n) is 6.29. The van der Waals surface area contributed by atoms with Gasteiger partial charge in [-0.15, -0.1) is 0 Å². The van der Waals surface area contributed by atoms with E-state index in [1.165, 1.54) is 19.3 Å². The number of halogens is 1. The van der Waals surface area contributed by atoms with Gasteiger partial charge in [-0.05, 0) is 57.8 Å². The van der Waals surface area contributed by atoms with Gasteiger partial charge in [0.2, 0.25) is 0 Å². The first-order valence-electron chi connectivity index (χ1n) is 8.41. The summed E-state index contributed by atoms with van der Waals surface area (Å²) in [5.74, 6) is 1.12. The van der Waals surface area contributed by atoms with Crippen LogP contribution in [-0.2, 0) is 6.42 Å². The molecule has 1 saturated heterocycles. The zero-order valence-corrected chi connectivity index (χ0v) is 14.0. The van der Waals surface area contributed by atoms with Crippen LogP contribution in [0.1, 0.15) is 48.5 Å². The van der Waals surface area contributed by atoms with Crippen molar-refractivity contribution in [1.82, 2.24) is 4.90 Å². The summed E-state index contributed by atoms with van der Waals surface area (Å²) in [7, 11) is 0. The summed E-state index contributed by atoms with van der Waals surface area (Å²) in [5.41, 5.74) is 1.72. The number of ether oxygens (including phenoxy) is 1. The van der Waals surface area contributed by atoms with Gasteiger partial charge in [0, 0.05) is 23.6 Å². The van der Waals surface area contributed by atoms with Crippen molar-refractivity contribution in [3.05, 3.63) is 28.3 Å². The number of carbonyl (C=O) groups excluding carboxylic acids is 1. The third-order valence-electron chi connectivity index (χ3n) is 4.81. The smallest absolute Gasteiger partial charge is 0.169 e. The summed E-state index contributed by atoms with van der Waals surface area (Å²) in [5, 5.41) is 0.576.